The first-order chi connectivity index (χ1) is 12.7. The van der Waals surface area contributed by atoms with E-state index in [4.69, 9.17) is 0 Å². The van der Waals surface area contributed by atoms with Gasteiger partial charge in [0.15, 0.2) is 0 Å². The number of rotatable bonds is 5. The Morgan fingerprint density at radius 2 is 1.92 bits per heavy atom. The minimum Gasteiger partial charge on any atom is -0.385 e. The molecule has 3 heterocycles. The fourth-order valence-corrected chi connectivity index (χ4v) is 5.83. The van der Waals surface area contributed by atoms with Crippen molar-refractivity contribution < 1.29 is 5.11 Å². The first kappa shape index (κ1) is 18.2. The highest BCUT2D eigenvalue weighted by atomic mass is 32.1. The Labute approximate surface area is 160 Å². The van der Waals surface area contributed by atoms with Gasteiger partial charge in [0.2, 0.25) is 0 Å². The Morgan fingerprint density at radius 1 is 1.15 bits per heavy atom. The number of hydrogen-bond acceptors (Lipinski definition) is 4. The van der Waals surface area contributed by atoms with Crippen molar-refractivity contribution in [3.05, 3.63) is 40.1 Å². The molecule has 0 amide bonds. The van der Waals surface area contributed by atoms with E-state index in [1.165, 1.54) is 37.0 Å². The molecule has 2 fully saturated rings. The highest BCUT2D eigenvalue weighted by molar-refractivity contribution is 7.12. The maximum absolute atomic E-state index is 10.6. The molecule has 0 bridgehead atoms. The van der Waals surface area contributed by atoms with E-state index in [1.54, 1.807) is 11.1 Å². The first-order valence-corrected chi connectivity index (χ1v) is 11.0. The Bertz CT molecular complexity index is 696. The van der Waals surface area contributed by atoms with Gasteiger partial charge in [0.1, 0.15) is 11.9 Å². The van der Waals surface area contributed by atoms with Crippen LogP contribution in [-0.4, -0.2) is 32.6 Å². The number of likely N-dealkylation sites (tertiary alicyclic amines) is 1. The van der Waals surface area contributed by atoms with Crippen molar-refractivity contribution in [3.63, 3.8) is 0 Å². The summed E-state index contributed by atoms with van der Waals surface area (Å²) in [4.78, 5) is 10.00. The first-order valence-electron chi connectivity index (χ1n) is 10.2. The molecule has 0 spiro atoms. The summed E-state index contributed by atoms with van der Waals surface area (Å²) < 4.78 is 1.94. The highest BCUT2D eigenvalue weighted by Crippen LogP contribution is 2.37. The van der Waals surface area contributed by atoms with Crippen molar-refractivity contribution in [1.29, 1.82) is 0 Å². The standard InChI is InChI=1S/C21H31N3OS/c1-23-14-11-22-21(23)20(25)17-9-12-24(13-10-17)15-18-7-8-19(26-18)16-5-3-2-4-6-16/h7-8,11,14,16-17,20,25H,2-6,9-10,12-13,15H2,1H3/t20-/m1/s1. The second kappa shape index (κ2) is 8.24. The predicted octanol–water partition coefficient (Wildman–Crippen LogP) is 4.47. The van der Waals surface area contributed by atoms with Crippen LogP contribution >= 0.6 is 11.3 Å². The molecule has 5 heteroatoms. The number of aliphatic hydroxyl groups is 1. The van der Waals surface area contributed by atoms with Crippen molar-refractivity contribution in [2.45, 2.75) is 63.5 Å². The van der Waals surface area contributed by atoms with E-state index in [1.807, 2.05) is 29.1 Å². The van der Waals surface area contributed by atoms with Crippen LogP contribution in [0, 0.1) is 5.92 Å². The molecule has 4 nitrogen and oxygen atoms in total. The number of aliphatic hydroxyl groups excluding tert-OH is 1. The summed E-state index contributed by atoms with van der Waals surface area (Å²) in [5, 5.41) is 10.6. The van der Waals surface area contributed by atoms with Crippen molar-refractivity contribution in [2.24, 2.45) is 13.0 Å². The minimum absolute atomic E-state index is 0.327. The van der Waals surface area contributed by atoms with Gasteiger partial charge in [-0.1, -0.05) is 19.3 Å². The smallest absolute Gasteiger partial charge is 0.137 e. The summed E-state index contributed by atoms with van der Waals surface area (Å²) in [7, 11) is 1.96. The van der Waals surface area contributed by atoms with Gasteiger partial charge in [-0.05, 0) is 62.7 Å². The Kier molecular flexibility index (Phi) is 5.77. The van der Waals surface area contributed by atoms with Crippen molar-refractivity contribution in [3.8, 4) is 0 Å². The molecule has 1 atom stereocenters. The molecular weight excluding hydrogens is 342 g/mol. The molecular formula is C21H31N3OS. The van der Waals surface area contributed by atoms with Gasteiger partial charge in [-0.2, -0.15) is 0 Å². The lowest BCUT2D eigenvalue weighted by atomic mass is 9.88. The second-order valence-corrected chi connectivity index (χ2v) is 9.29. The summed E-state index contributed by atoms with van der Waals surface area (Å²) in [5.41, 5.74) is 0. The largest absolute Gasteiger partial charge is 0.385 e. The lowest BCUT2D eigenvalue weighted by Crippen LogP contribution is -2.35. The normalized spacial score (nSPS) is 21.9. The number of hydrogen-bond donors (Lipinski definition) is 1. The van der Waals surface area contributed by atoms with Crippen LogP contribution < -0.4 is 0 Å². The number of aromatic nitrogens is 2. The SMILES string of the molecule is Cn1ccnc1[C@H](O)C1CCN(Cc2ccc(C3CCCCC3)s2)CC1. The van der Waals surface area contributed by atoms with E-state index >= 15 is 0 Å². The van der Waals surface area contributed by atoms with Gasteiger partial charge in [-0.25, -0.2) is 4.98 Å². The predicted molar refractivity (Wildman–Crippen MR) is 106 cm³/mol. The van der Waals surface area contributed by atoms with E-state index < -0.39 is 6.10 Å². The summed E-state index contributed by atoms with van der Waals surface area (Å²) >= 11 is 2.04. The summed E-state index contributed by atoms with van der Waals surface area (Å²) in [6, 6.07) is 4.73. The third-order valence-corrected chi connectivity index (χ3v) is 7.50. The zero-order valence-electron chi connectivity index (χ0n) is 15.8. The lowest BCUT2D eigenvalue weighted by molar-refractivity contribution is 0.0494. The van der Waals surface area contributed by atoms with Crippen molar-refractivity contribution in [2.75, 3.05) is 13.1 Å². The van der Waals surface area contributed by atoms with Crippen LogP contribution in [0.5, 0.6) is 0 Å². The zero-order chi connectivity index (χ0) is 17.9. The number of imidazole rings is 1. The fraction of sp³-hybridized carbons (Fsp3) is 0.667. The molecule has 1 saturated heterocycles. The molecule has 1 aliphatic heterocycles. The molecule has 2 aliphatic rings. The lowest BCUT2D eigenvalue weighted by Gasteiger charge is -2.33. The molecule has 0 unspecified atom stereocenters. The average molecular weight is 374 g/mol. The quantitative estimate of drug-likeness (QED) is 0.840. The van der Waals surface area contributed by atoms with Crippen LogP contribution in [0.3, 0.4) is 0 Å². The molecule has 142 valence electrons. The van der Waals surface area contributed by atoms with Gasteiger partial charge in [0.05, 0.1) is 0 Å². The number of thiophene rings is 1. The van der Waals surface area contributed by atoms with Crippen molar-refractivity contribution >= 4 is 11.3 Å². The topological polar surface area (TPSA) is 41.3 Å². The number of aryl methyl sites for hydroxylation is 1. The summed E-state index contributed by atoms with van der Waals surface area (Å²) in [6.45, 7) is 3.22. The third kappa shape index (κ3) is 4.05. The minimum atomic E-state index is -0.434. The van der Waals surface area contributed by atoms with Crippen LogP contribution in [-0.2, 0) is 13.6 Å². The van der Waals surface area contributed by atoms with Crippen LogP contribution in [0.1, 0.15) is 72.5 Å². The molecule has 1 N–H and O–H groups in total. The molecule has 1 saturated carbocycles. The Balaban J connectivity index is 1.29. The number of nitrogens with zero attached hydrogens (tertiary/aromatic N) is 3. The van der Waals surface area contributed by atoms with E-state index in [9.17, 15) is 5.11 Å². The molecule has 0 aromatic carbocycles. The van der Waals surface area contributed by atoms with Crippen LogP contribution in [0.4, 0.5) is 0 Å². The van der Waals surface area contributed by atoms with Gasteiger partial charge >= 0.3 is 0 Å². The maximum atomic E-state index is 10.6. The van der Waals surface area contributed by atoms with E-state index in [0.717, 1.165) is 44.2 Å². The third-order valence-electron chi connectivity index (χ3n) is 6.27. The van der Waals surface area contributed by atoms with Crippen LogP contribution in [0.15, 0.2) is 24.5 Å². The van der Waals surface area contributed by atoms with Gasteiger partial charge < -0.3 is 9.67 Å². The summed E-state index contributed by atoms with van der Waals surface area (Å²) in [5.74, 6) is 1.95. The Hall–Kier alpha value is -1.17. The Morgan fingerprint density at radius 3 is 2.62 bits per heavy atom. The second-order valence-electron chi connectivity index (χ2n) is 8.09. The molecule has 2 aromatic heterocycles. The zero-order valence-corrected chi connectivity index (χ0v) is 16.6. The van der Waals surface area contributed by atoms with E-state index in [-0.39, 0.29) is 0 Å². The van der Waals surface area contributed by atoms with Gasteiger partial charge in [0.25, 0.3) is 0 Å². The van der Waals surface area contributed by atoms with Gasteiger partial charge in [0, 0.05) is 35.7 Å². The maximum Gasteiger partial charge on any atom is 0.137 e. The van der Waals surface area contributed by atoms with Crippen LogP contribution in [0.2, 0.25) is 0 Å². The molecule has 0 radical (unpaired) electrons. The van der Waals surface area contributed by atoms with E-state index in [0.29, 0.717) is 5.92 Å². The fourth-order valence-electron chi connectivity index (χ4n) is 4.61. The van der Waals surface area contributed by atoms with Gasteiger partial charge in [-0.15, -0.1) is 11.3 Å². The molecule has 1 aliphatic carbocycles. The molecule has 2 aromatic rings. The van der Waals surface area contributed by atoms with Gasteiger partial charge in [-0.3, -0.25) is 4.90 Å². The van der Waals surface area contributed by atoms with Crippen molar-refractivity contribution in [1.82, 2.24) is 14.5 Å². The van der Waals surface area contributed by atoms with E-state index in [2.05, 4.69) is 22.0 Å². The van der Waals surface area contributed by atoms with Crippen LogP contribution in [0.25, 0.3) is 0 Å². The average Bonchev–Trinajstić information content (AvgIpc) is 3.32. The highest BCUT2D eigenvalue weighted by Gasteiger charge is 2.28. The molecule has 26 heavy (non-hydrogen) atoms. The number of piperidine rings is 1. The molecule has 4 rings (SSSR count). The monoisotopic (exact) mass is 373 g/mol. The summed E-state index contributed by atoms with van der Waals surface area (Å²) in [6.07, 6.45) is 12.4.